The highest BCUT2D eigenvalue weighted by Crippen LogP contribution is 2.38. The van der Waals surface area contributed by atoms with E-state index in [9.17, 15) is 0 Å². The van der Waals surface area contributed by atoms with Gasteiger partial charge in [0.2, 0.25) is 0 Å². The monoisotopic (exact) mass is 411 g/mol. The Balaban J connectivity index is 1.67. The van der Waals surface area contributed by atoms with Gasteiger partial charge in [-0.2, -0.15) is 0 Å². The molecular formula is C18H23Cl2N5S. The van der Waals surface area contributed by atoms with Crippen molar-refractivity contribution in [1.29, 1.82) is 0 Å². The normalized spacial score (nSPS) is 18.3. The zero-order chi connectivity index (χ0) is 18.7. The second-order valence-electron chi connectivity index (χ2n) is 6.73. The van der Waals surface area contributed by atoms with Crippen LogP contribution in [0.1, 0.15) is 26.2 Å². The van der Waals surface area contributed by atoms with Gasteiger partial charge in [0.25, 0.3) is 0 Å². The molecule has 0 saturated carbocycles. The highest BCUT2D eigenvalue weighted by Gasteiger charge is 2.24. The molecule has 0 radical (unpaired) electrons. The third kappa shape index (κ3) is 4.74. The number of nitrogens with two attached hydrogens (primary N) is 2. The first kappa shape index (κ1) is 19.5. The summed E-state index contributed by atoms with van der Waals surface area (Å²) in [5.74, 6) is 1.89. The highest BCUT2D eigenvalue weighted by atomic mass is 35.5. The average molecular weight is 412 g/mol. The number of hydrogen-bond donors (Lipinski definition) is 2. The van der Waals surface area contributed by atoms with Crippen molar-refractivity contribution in [3.05, 3.63) is 34.4 Å². The highest BCUT2D eigenvalue weighted by molar-refractivity contribution is 7.99. The molecule has 2 aromatic rings. The Morgan fingerprint density at radius 1 is 1.38 bits per heavy atom. The predicted molar refractivity (Wildman–Crippen MR) is 110 cm³/mol. The quantitative estimate of drug-likeness (QED) is 0.729. The van der Waals surface area contributed by atoms with E-state index in [-0.39, 0.29) is 6.04 Å². The summed E-state index contributed by atoms with van der Waals surface area (Å²) >= 11 is 13.7. The van der Waals surface area contributed by atoms with E-state index < -0.39 is 0 Å². The molecule has 0 amide bonds. The van der Waals surface area contributed by atoms with Gasteiger partial charge in [0, 0.05) is 24.0 Å². The summed E-state index contributed by atoms with van der Waals surface area (Å²) in [6.07, 6.45) is 5.15. The summed E-state index contributed by atoms with van der Waals surface area (Å²) in [6.45, 7) is 4.01. The molecule has 1 aliphatic heterocycles. The molecule has 1 fully saturated rings. The van der Waals surface area contributed by atoms with Gasteiger partial charge >= 0.3 is 0 Å². The smallest absolute Gasteiger partial charge is 0.158 e. The zero-order valence-corrected chi connectivity index (χ0v) is 17.0. The molecule has 0 spiro atoms. The van der Waals surface area contributed by atoms with Crippen LogP contribution in [-0.2, 0) is 0 Å². The van der Waals surface area contributed by atoms with E-state index in [2.05, 4.69) is 21.8 Å². The van der Waals surface area contributed by atoms with Crippen molar-refractivity contribution < 1.29 is 0 Å². The van der Waals surface area contributed by atoms with Crippen LogP contribution in [0.2, 0.25) is 10.0 Å². The van der Waals surface area contributed by atoms with Gasteiger partial charge in [-0.15, -0.1) is 0 Å². The Morgan fingerprint density at radius 3 is 2.92 bits per heavy atom. The van der Waals surface area contributed by atoms with Crippen LogP contribution in [0.3, 0.4) is 0 Å². The Kier molecular flexibility index (Phi) is 6.51. The molecule has 0 bridgehead atoms. The molecule has 1 unspecified atom stereocenters. The number of nitrogens with zero attached hydrogens (tertiary/aromatic N) is 3. The van der Waals surface area contributed by atoms with Gasteiger partial charge in [0.05, 0.1) is 16.2 Å². The lowest BCUT2D eigenvalue weighted by atomic mass is 10.0. The van der Waals surface area contributed by atoms with E-state index in [1.807, 2.05) is 12.1 Å². The predicted octanol–water partition coefficient (Wildman–Crippen LogP) is 4.47. The van der Waals surface area contributed by atoms with E-state index in [0.29, 0.717) is 26.8 Å². The summed E-state index contributed by atoms with van der Waals surface area (Å²) in [6, 6.07) is 5.74. The Bertz CT molecular complexity index is 771. The van der Waals surface area contributed by atoms with Crippen LogP contribution in [0.4, 0.5) is 11.6 Å². The molecule has 140 valence electrons. The topological polar surface area (TPSA) is 81.1 Å². The van der Waals surface area contributed by atoms with Crippen molar-refractivity contribution in [3.63, 3.8) is 0 Å². The van der Waals surface area contributed by atoms with Crippen LogP contribution in [0.5, 0.6) is 0 Å². The van der Waals surface area contributed by atoms with Crippen molar-refractivity contribution in [3.8, 4) is 0 Å². The molecule has 1 aromatic heterocycles. The molecule has 8 heteroatoms. The van der Waals surface area contributed by atoms with Gasteiger partial charge in [-0.25, -0.2) is 9.97 Å². The molecule has 4 N–H and O–H groups in total. The van der Waals surface area contributed by atoms with E-state index in [0.717, 1.165) is 43.1 Å². The molecule has 5 nitrogen and oxygen atoms in total. The molecule has 2 atom stereocenters. The molecule has 1 saturated heterocycles. The number of halogens is 2. The molecule has 26 heavy (non-hydrogen) atoms. The Labute approximate surface area is 168 Å². The standard InChI is InChI=1S/C18H23Cl2N5S/c1-11(21)5-6-12-7-8-25(10-12)15-9-23-18(17(22)24-15)26-14-4-2-3-13(19)16(14)20/h2-4,9,11-12H,5-8,10,21H2,1H3,(H2,22,24)/t11?,12-/m0/s1. The average Bonchev–Trinajstić information content (AvgIpc) is 3.08. The molecule has 2 heterocycles. The fraction of sp³-hybridized carbons (Fsp3) is 0.444. The largest absolute Gasteiger partial charge is 0.381 e. The van der Waals surface area contributed by atoms with Crippen LogP contribution in [0.15, 0.2) is 34.3 Å². The second-order valence-corrected chi connectivity index (χ2v) is 8.54. The summed E-state index contributed by atoms with van der Waals surface area (Å²) in [5.41, 5.74) is 12.0. The third-order valence-corrected chi connectivity index (χ3v) is 6.51. The van der Waals surface area contributed by atoms with Crippen molar-refractivity contribution in [2.24, 2.45) is 11.7 Å². The summed E-state index contributed by atoms with van der Waals surface area (Å²) < 4.78 is 0. The molecule has 0 aliphatic carbocycles. The van der Waals surface area contributed by atoms with E-state index in [1.165, 1.54) is 11.8 Å². The second kappa shape index (κ2) is 8.65. The maximum atomic E-state index is 6.24. The van der Waals surface area contributed by atoms with Crippen LogP contribution in [0.25, 0.3) is 0 Å². The van der Waals surface area contributed by atoms with E-state index >= 15 is 0 Å². The van der Waals surface area contributed by atoms with E-state index in [1.54, 1.807) is 12.3 Å². The maximum absolute atomic E-state index is 6.24. The lowest BCUT2D eigenvalue weighted by molar-refractivity contribution is 0.483. The van der Waals surface area contributed by atoms with Crippen LogP contribution >= 0.6 is 35.0 Å². The lowest BCUT2D eigenvalue weighted by Crippen LogP contribution is -2.22. The number of aromatic nitrogens is 2. The van der Waals surface area contributed by atoms with Gasteiger partial charge in [-0.05, 0) is 44.2 Å². The molecular weight excluding hydrogens is 389 g/mol. The van der Waals surface area contributed by atoms with Gasteiger partial charge in [-0.3, -0.25) is 0 Å². The van der Waals surface area contributed by atoms with E-state index in [4.69, 9.17) is 34.7 Å². The van der Waals surface area contributed by atoms with Crippen LogP contribution in [-0.4, -0.2) is 29.1 Å². The number of anilines is 2. The van der Waals surface area contributed by atoms with Gasteiger partial charge in [0.15, 0.2) is 5.82 Å². The van der Waals surface area contributed by atoms with Gasteiger partial charge in [-0.1, -0.05) is 41.0 Å². The lowest BCUT2D eigenvalue weighted by Gasteiger charge is -2.18. The zero-order valence-electron chi connectivity index (χ0n) is 14.7. The minimum absolute atomic E-state index is 0.258. The number of nitrogen functional groups attached to an aromatic ring is 1. The van der Waals surface area contributed by atoms with Crippen molar-refractivity contribution in [2.45, 2.75) is 42.1 Å². The van der Waals surface area contributed by atoms with Gasteiger partial charge < -0.3 is 16.4 Å². The van der Waals surface area contributed by atoms with Crippen molar-refractivity contribution in [1.82, 2.24) is 9.97 Å². The first-order chi connectivity index (χ1) is 12.4. The minimum Gasteiger partial charge on any atom is -0.381 e. The maximum Gasteiger partial charge on any atom is 0.158 e. The Morgan fingerprint density at radius 2 is 2.19 bits per heavy atom. The molecule has 1 aromatic carbocycles. The SMILES string of the molecule is CC(N)CC[C@H]1CCN(c2cnc(Sc3cccc(Cl)c3Cl)c(N)n2)C1. The number of benzene rings is 1. The minimum atomic E-state index is 0.258. The first-order valence-corrected chi connectivity index (χ1v) is 10.3. The summed E-state index contributed by atoms with van der Waals surface area (Å²) in [4.78, 5) is 12.1. The summed E-state index contributed by atoms with van der Waals surface area (Å²) in [7, 11) is 0. The van der Waals surface area contributed by atoms with Crippen molar-refractivity contribution in [2.75, 3.05) is 23.7 Å². The van der Waals surface area contributed by atoms with Crippen molar-refractivity contribution >= 4 is 46.6 Å². The number of hydrogen-bond acceptors (Lipinski definition) is 6. The Hall–Kier alpha value is -1.21. The summed E-state index contributed by atoms with van der Waals surface area (Å²) in [5, 5.41) is 1.64. The van der Waals surface area contributed by atoms with Gasteiger partial charge in [0.1, 0.15) is 10.8 Å². The molecule has 3 rings (SSSR count). The number of rotatable bonds is 6. The first-order valence-electron chi connectivity index (χ1n) is 8.69. The van der Waals surface area contributed by atoms with Crippen LogP contribution in [0, 0.1) is 5.92 Å². The van der Waals surface area contributed by atoms with Crippen LogP contribution < -0.4 is 16.4 Å². The fourth-order valence-electron chi connectivity index (χ4n) is 3.06. The fourth-order valence-corrected chi connectivity index (χ4v) is 4.34. The molecule has 1 aliphatic rings. The third-order valence-electron chi connectivity index (χ3n) is 4.51.